The Labute approximate surface area is 173 Å². The number of methoxy groups -OCH3 is 1. The van der Waals surface area contributed by atoms with E-state index in [0.29, 0.717) is 35.0 Å². The van der Waals surface area contributed by atoms with E-state index in [9.17, 15) is 9.59 Å². The lowest BCUT2D eigenvalue weighted by Crippen LogP contribution is -2.32. The summed E-state index contributed by atoms with van der Waals surface area (Å²) in [4.78, 5) is 27.4. The minimum atomic E-state index is -0.259. The highest BCUT2D eigenvalue weighted by molar-refractivity contribution is 7.12. The average Bonchev–Trinajstić information content (AvgIpc) is 3.31. The molecule has 2 amide bonds. The van der Waals surface area contributed by atoms with E-state index in [1.54, 1.807) is 56.6 Å². The van der Waals surface area contributed by atoms with E-state index in [-0.39, 0.29) is 11.8 Å². The molecule has 1 N–H and O–H groups in total. The molecular weight excluding hydrogens is 388 g/mol. The Morgan fingerprint density at radius 3 is 2.41 bits per heavy atom. The minimum absolute atomic E-state index is 0.150. The zero-order valence-corrected chi connectivity index (χ0v) is 17.1. The molecule has 0 aliphatic rings. The summed E-state index contributed by atoms with van der Waals surface area (Å²) in [5, 5.41) is 4.69. The van der Waals surface area contributed by atoms with Crippen LogP contribution in [0, 0.1) is 0 Å². The predicted octanol–water partition coefficient (Wildman–Crippen LogP) is 3.84. The van der Waals surface area contributed by atoms with Crippen molar-refractivity contribution in [3.05, 3.63) is 76.5 Å². The highest BCUT2D eigenvalue weighted by Gasteiger charge is 2.20. The lowest BCUT2D eigenvalue weighted by molar-refractivity contribution is 0.0947. The van der Waals surface area contributed by atoms with Crippen LogP contribution in [0.15, 0.2) is 66.0 Å². The molecule has 3 aromatic rings. The van der Waals surface area contributed by atoms with Gasteiger partial charge in [0.2, 0.25) is 0 Å². The van der Waals surface area contributed by atoms with Crippen molar-refractivity contribution in [2.75, 3.05) is 32.2 Å². The number of anilines is 1. The highest BCUT2D eigenvalue weighted by atomic mass is 32.1. The van der Waals surface area contributed by atoms with Crippen molar-refractivity contribution in [2.24, 2.45) is 0 Å². The molecule has 0 unspecified atom stereocenters. The second-order valence-corrected chi connectivity index (χ2v) is 7.09. The third-order valence-electron chi connectivity index (χ3n) is 4.26. The smallest absolute Gasteiger partial charge is 0.268 e. The van der Waals surface area contributed by atoms with Gasteiger partial charge in [0, 0.05) is 7.05 Å². The number of benzene rings is 2. The number of amides is 2. The van der Waals surface area contributed by atoms with E-state index in [4.69, 9.17) is 9.47 Å². The van der Waals surface area contributed by atoms with Crippen molar-refractivity contribution in [1.29, 1.82) is 0 Å². The van der Waals surface area contributed by atoms with Gasteiger partial charge in [-0.3, -0.25) is 9.59 Å². The van der Waals surface area contributed by atoms with E-state index in [1.165, 1.54) is 16.2 Å². The Balaban J connectivity index is 1.58. The van der Waals surface area contributed by atoms with Crippen LogP contribution in [0.2, 0.25) is 0 Å². The molecule has 1 heterocycles. The van der Waals surface area contributed by atoms with Crippen molar-refractivity contribution < 1.29 is 19.1 Å². The molecule has 0 aliphatic heterocycles. The van der Waals surface area contributed by atoms with Gasteiger partial charge in [0.05, 0.1) is 29.8 Å². The Morgan fingerprint density at radius 1 is 1.00 bits per heavy atom. The normalized spacial score (nSPS) is 10.3. The number of hydrogen-bond acceptors (Lipinski definition) is 5. The second-order valence-electron chi connectivity index (χ2n) is 6.14. The molecule has 0 fully saturated rings. The number of para-hydroxylation sites is 1. The lowest BCUT2D eigenvalue weighted by atomic mass is 10.1. The van der Waals surface area contributed by atoms with Crippen molar-refractivity contribution >= 4 is 28.8 Å². The van der Waals surface area contributed by atoms with Gasteiger partial charge in [-0.25, -0.2) is 0 Å². The second kappa shape index (κ2) is 9.75. The number of hydrogen-bond donors (Lipinski definition) is 1. The van der Waals surface area contributed by atoms with Crippen molar-refractivity contribution in [3.8, 4) is 11.5 Å². The number of carbonyl (C=O) groups is 2. The zero-order chi connectivity index (χ0) is 20.6. The molecule has 3 rings (SSSR count). The van der Waals surface area contributed by atoms with E-state index < -0.39 is 0 Å². The summed E-state index contributed by atoms with van der Waals surface area (Å²) in [6.45, 7) is 0.659. The summed E-state index contributed by atoms with van der Waals surface area (Å²) in [6, 6.07) is 17.9. The number of rotatable bonds is 8. The van der Waals surface area contributed by atoms with Gasteiger partial charge < -0.3 is 19.7 Å². The van der Waals surface area contributed by atoms with E-state index in [2.05, 4.69) is 5.32 Å². The third-order valence-corrected chi connectivity index (χ3v) is 5.12. The Bertz CT molecular complexity index is 955. The summed E-state index contributed by atoms with van der Waals surface area (Å²) in [6.07, 6.45) is 0. The molecule has 0 atom stereocenters. The number of nitrogens with one attached hydrogen (secondary N) is 1. The van der Waals surface area contributed by atoms with Crippen LogP contribution in [0.5, 0.6) is 11.5 Å². The van der Waals surface area contributed by atoms with Gasteiger partial charge in [-0.05, 0) is 47.8 Å². The number of ether oxygens (including phenoxy) is 2. The van der Waals surface area contributed by atoms with E-state index in [1.807, 2.05) is 23.6 Å². The first-order valence-corrected chi connectivity index (χ1v) is 9.93. The molecule has 0 saturated carbocycles. The summed E-state index contributed by atoms with van der Waals surface area (Å²) in [7, 11) is 3.27. The largest absolute Gasteiger partial charge is 0.497 e. The molecule has 2 aromatic carbocycles. The quantitative estimate of drug-likeness (QED) is 0.573. The number of thiophene rings is 1. The highest BCUT2D eigenvalue weighted by Crippen LogP contribution is 2.22. The van der Waals surface area contributed by atoms with Gasteiger partial charge in [-0.2, -0.15) is 0 Å². The molecule has 0 radical (unpaired) electrons. The maximum Gasteiger partial charge on any atom is 0.268 e. The average molecular weight is 410 g/mol. The topological polar surface area (TPSA) is 67.9 Å². The van der Waals surface area contributed by atoms with Crippen molar-refractivity contribution in [2.45, 2.75) is 0 Å². The molecule has 0 saturated heterocycles. The van der Waals surface area contributed by atoms with Gasteiger partial charge >= 0.3 is 0 Å². The van der Waals surface area contributed by atoms with Crippen LogP contribution >= 0.6 is 11.3 Å². The first-order valence-electron chi connectivity index (χ1n) is 9.06. The van der Waals surface area contributed by atoms with Gasteiger partial charge in [-0.15, -0.1) is 11.3 Å². The standard InChI is InChI=1S/C22H22N2O4S/c1-24(22(26)20-8-5-15-29-20)19-7-4-3-6-18(19)21(25)23-13-14-28-17-11-9-16(27-2)10-12-17/h3-12,15H,13-14H2,1-2H3,(H,23,25). The molecule has 150 valence electrons. The molecular formula is C22H22N2O4S. The van der Waals surface area contributed by atoms with E-state index in [0.717, 1.165) is 5.75 Å². The molecule has 29 heavy (non-hydrogen) atoms. The first-order chi connectivity index (χ1) is 14.1. The fourth-order valence-corrected chi connectivity index (χ4v) is 3.43. The van der Waals surface area contributed by atoms with Crippen LogP contribution in [0.3, 0.4) is 0 Å². The number of carbonyl (C=O) groups excluding carboxylic acids is 2. The minimum Gasteiger partial charge on any atom is -0.497 e. The van der Waals surface area contributed by atoms with Crippen LogP contribution in [-0.4, -0.2) is 39.1 Å². The molecule has 0 aliphatic carbocycles. The summed E-state index contributed by atoms with van der Waals surface area (Å²) in [5.41, 5.74) is 0.990. The lowest BCUT2D eigenvalue weighted by Gasteiger charge is -2.20. The Kier molecular flexibility index (Phi) is 6.86. The van der Waals surface area contributed by atoms with Gasteiger partial charge in [0.1, 0.15) is 18.1 Å². The number of nitrogens with zero attached hydrogens (tertiary/aromatic N) is 1. The van der Waals surface area contributed by atoms with Crippen molar-refractivity contribution in [3.63, 3.8) is 0 Å². The molecule has 7 heteroatoms. The molecule has 6 nitrogen and oxygen atoms in total. The van der Waals surface area contributed by atoms with Crippen LogP contribution in [0.4, 0.5) is 5.69 Å². The molecule has 1 aromatic heterocycles. The summed E-state index contributed by atoms with van der Waals surface area (Å²) >= 11 is 1.37. The SMILES string of the molecule is COc1ccc(OCCNC(=O)c2ccccc2N(C)C(=O)c2cccs2)cc1. The molecule has 0 bridgehead atoms. The summed E-state index contributed by atoms with van der Waals surface area (Å²) in [5.74, 6) is 1.04. The van der Waals surface area contributed by atoms with Crippen molar-refractivity contribution in [1.82, 2.24) is 5.32 Å². The van der Waals surface area contributed by atoms with Crippen LogP contribution in [0.25, 0.3) is 0 Å². The fraction of sp³-hybridized carbons (Fsp3) is 0.182. The monoisotopic (exact) mass is 410 g/mol. The maximum atomic E-state index is 12.7. The molecule has 0 spiro atoms. The first kappa shape index (κ1) is 20.4. The van der Waals surface area contributed by atoms with Gasteiger partial charge in [0.15, 0.2) is 0 Å². The Morgan fingerprint density at radius 2 is 1.72 bits per heavy atom. The predicted molar refractivity (Wildman–Crippen MR) is 114 cm³/mol. The summed E-state index contributed by atoms with van der Waals surface area (Å²) < 4.78 is 10.7. The maximum absolute atomic E-state index is 12.7. The van der Waals surface area contributed by atoms with Gasteiger partial charge in [0.25, 0.3) is 11.8 Å². The van der Waals surface area contributed by atoms with Crippen LogP contribution in [0.1, 0.15) is 20.0 Å². The zero-order valence-electron chi connectivity index (χ0n) is 16.3. The van der Waals surface area contributed by atoms with Crippen LogP contribution < -0.4 is 19.7 Å². The van der Waals surface area contributed by atoms with Crippen LogP contribution in [-0.2, 0) is 0 Å². The fourth-order valence-electron chi connectivity index (χ4n) is 2.73. The van der Waals surface area contributed by atoms with Gasteiger partial charge in [-0.1, -0.05) is 18.2 Å². The third kappa shape index (κ3) is 5.14. The Hall–Kier alpha value is -3.32. The van der Waals surface area contributed by atoms with E-state index >= 15 is 0 Å².